The highest BCUT2D eigenvalue weighted by molar-refractivity contribution is 5.18. The predicted molar refractivity (Wildman–Crippen MR) is 67.4 cm³/mol. The molecule has 0 atom stereocenters. The largest absolute Gasteiger partial charge is 0.330 e. The summed E-state index contributed by atoms with van der Waals surface area (Å²) in [6.45, 7) is 9.11. The lowest BCUT2D eigenvalue weighted by atomic mass is 10.1. The zero-order valence-electron chi connectivity index (χ0n) is 10.3. The highest BCUT2D eigenvalue weighted by Gasteiger charge is 1.86. The first-order chi connectivity index (χ1) is 6.81. The molecule has 2 N–H and O–H groups in total. The van der Waals surface area contributed by atoms with E-state index < -0.39 is 0 Å². The van der Waals surface area contributed by atoms with Gasteiger partial charge in [-0.1, -0.05) is 51.0 Å². The second-order valence-electron chi connectivity index (χ2n) is 3.07. The van der Waals surface area contributed by atoms with Gasteiger partial charge in [-0.25, -0.2) is 0 Å². The van der Waals surface area contributed by atoms with Gasteiger partial charge in [0.15, 0.2) is 0 Å². The minimum Gasteiger partial charge on any atom is -0.330 e. The van der Waals surface area contributed by atoms with Crippen molar-refractivity contribution < 1.29 is 0 Å². The first-order valence-electron chi connectivity index (χ1n) is 5.84. The fourth-order valence-electron chi connectivity index (χ4n) is 0.949. The summed E-state index contributed by atoms with van der Waals surface area (Å²) >= 11 is 0. The molecule has 0 saturated carbocycles. The Kier molecular flexibility index (Phi) is 17.0. The highest BCUT2D eigenvalue weighted by atomic mass is 14.5. The summed E-state index contributed by atoms with van der Waals surface area (Å²) in [6.07, 6.45) is 11.5. The standard InChI is InChI=1S/C7H10.C4H11N.C2H6/c1-7-5-3-2-4-6-7;1-2-3-4-5;1-2/h3,5-6H,2,4H2,1H3;2-5H2,1H3;1-2H3. The van der Waals surface area contributed by atoms with Crippen LogP contribution in [0.5, 0.6) is 0 Å². The van der Waals surface area contributed by atoms with E-state index >= 15 is 0 Å². The Balaban J connectivity index is 0. The van der Waals surface area contributed by atoms with Gasteiger partial charge in [0.05, 0.1) is 0 Å². The summed E-state index contributed by atoms with van der Waals surface area (Å²) in [7, 11) is 0. The van der Waals surface area contributed by atoms with Gasteiger partial charge in [-0.2, -0.15) is 0 Å². The molecular weight excluding hydrogens is 170 g/mol. The minimum absolute atomic E-state index is 0.844. The molecule has 0 bridgehead atoms. The lowest BCUT2D eigenvalue weighted by molar-refractivity contribution is 0.807. The molecule has 1 rings (SSSR count). The van der Waals surface area contributed by atoms with Crippen molar-refractivity contribution >= 4 is 0 Å². The van der Waals surface area contributed by atoms with Crippen LogP contribution in [0.3, 0.4) is 0 Å². The van der Waals surface area contributed by atoms with Crippen molar-refractivity contribution in [2.45, 2.75) is 53.4 Å². The van der Waals surface area contributed by atoms with Gasteiger partial charge in [-0.15, -0.1) is 0 Å². The quantitative estimate of drug-likeness (QED) is 0.710. The van der Waals surface area contributed by atoms with E-state index in [4.69, 9.17) is 5.73 Å². The Morgan fingerprint density at radius 1 is 1.29 bits per heavy atom. The number of unbranched alkanes of at least 4 members (excludes halogenated alkanes) is 1. The van der Waals surface area contributed by atoms with Crippen molar-refractivity contribution in [2.24, 2.45) is 5.73 Å². The fourth-order valence-corrected chi connectivity index (χ4v) is 0.949. The van der Waals surface area contributed by atoms with Crippen LogP contribution in [0.4, 0.5) is 0 Å². The molecular formula is C13H27N. The van der Waals surface area contributed by atoms with Crippen LogP contribution in [0.15, 0.2) is 23.8 Å². The zero-order valence-corrected chi connectivity index (χ0v) is 10.3. The average molecular weight is 197 g/mol. The van der Waals surface area contributed by atoms with Gasteiger partial charge in [0, 0.05) is 0 Å². The average Bonchev–Trinajstić information content (AvgIpc) is 2.24. The van der Waals surface area contributed by atoms with Crippen molar-refractivity contribution in [3.63, 3.8) is 0 Å². The molecule has 0 amide bonds. The highest BCUT2D eigenvalue weighted by Crippen LogP contribution is 2.06. The maximum absolute atomic E-state index is 5.14. The van der Waals surface area contributed by atoms with Gasteiger partial charge in [0.2, 0.25) is 0 Å². The molecule has 0 aliphatic heterocycles. The fraction of sp³-hybridized carbons (Fsp3) is 0.692. The van der Waals surface area contributed by atoms with E-state index in [0.717, 1.165) is 6.54 Å². The van der Waals surface area contributed by atoms with Gasteiger partial charge in [-0.05, 0) is 32.7 Å². The molecule has 0 aromatic heterocycles. The van der Waals surface area contributed by atoms with Crippen molar-refractivity contribution in [3.05, 3.63) is 23.8 Å². The molecule has 0 aromatic rings. The molecule has 0 aromatic carbocycles. The van der Waals surface area contributed by atoms with Crippen LogP contribution in [-0.2, 0) is 0 Å². The molecule has 1 aliphatic carbocycles. The molecule has 14 heavy (non-hydrogen) atoms. The minimum atomic E-state index is 0.844. The zero-order chi connectivity index (χ0) is 11.2. The Labute approximate surface area is 90.1 Å². The third-order valence-electron chi connectivity index (χ3n) is 1.74. The molecule has 84 valence electrons. The number of nitrogens with two attached hydrogens (primary N) is 1. The molecule has 1 nitrogen and oxygen atoms in total. The van der Waals surface area contributed by atoms with Crippen LogP contribution < -0.4 is 5.73 Å². The second-order valence-corrected chi connectivity index (χ2v) is 3.07. The summed E-state index contributed by atoms with van der Waals surface area (Å²) in [5.41, 5.74) is 6.55. The van der Waals surface area contributed by atoms with Crippen LogP contribution in [-0.4, -0.2) is 6.54 Å². The van der Waals surface area contributed by atoms with Crippen molar-refractivity contribution in [2.75, 3.05) is 6.54 Å². The molecule has 1 aliphatic rings. The molecule has 1 heteroatoms. The monoisotopic (exact) mass is 197 g/mol. The summed E-state index contributed by atoms with van der Waals surface area (Å²) in [5, 5.41) is 0. The number of rotatable bonds is 2. The first kappa shape index (κ1) is 15.9. The Bertz CT molecular complexity index is 143. The van der Waals surface area contributed by atoms with Crippen molar-refractivity contribution in [1.82, 2.24) is 0 Å². The maximum atomic E-state index is 5.14. The van der Waals surface area contributed by atoms with E-state index in [9.17, 15) is 0 Å². The van der Waals surface area contributed by atoms with Crippen LogP contribution >= 0.6 is 0 Å². The smallest absolute Gasteiger partial charge is 0.00774 e. The van der Waals surface area contributed by atoms with Crippen LogP contribution in [0, 0.1) is 0 Å². The Morgan fingerprint density at radius 2 is 1.93 bits per heavy atom. The topological polar surface area (TPSA) is 26.0 Å². The lowest BCUT2D eigenvalue weighted by Crippen LogP contribution is -1.95. The molecule has 0 fully saturated rings. The summed E-state index contributed by atoms with van der Waals surface area (Å²) in [5.74, 6) is 0. The first-order valence-corrected chi connectivity index (χ1v) is 5.84. The second kappa shape index (κ2) is 14.9. The number of hydrogen-bond acceptors (Lipinski definition) is 1. The van der Waals surface area contributed by atoms with Crippen molar-refractivity contribution in [1.29, 1.82) is 0 Å². The Hall–Kier alpha value is -0.560. The number of allylic oxidation sites excluding steroid dienone is 4. The molecule has 0 unspecified atom stereocenters. The molecule has 0 spiro atoms. The van der Waals surface area contributed by atoms with E-state index in [1.165, 1.54) is 31.3 Å². The lowest BCUT2D eigenvalue weighted by Gasteiger charge is -1.96. The van der Waals surface area contributed by atoms with E-state index in [1.807, 2.05) is 13.8 Å². The number of hydrogen-bond donors (Lipinski definition) is 1. The SMILES string of the molecule is CC.CC1=CCCC=C1.CCCCN. The van der Waals surface area contributed by atoms with Gasteiger partial charge >= 0.3 is 0 Å². The van der Waals surface area contributed by atoms with Gasteiger partial charge in [0.25, 0.3) is 0 Å². The summed E-state index contributed by atoms with van der Waals surface area (Å²) < 4.78 is 0. The van der Waals surface area contributed by atoms with Crippen molar-refractivity contribution in [3.8, 4) is 0 Å². The van der Waals surface area contributed by atoms with Gasteiger partial charge in [0.1, 0.15) is 0 Å². The third kappa shape index (κ3) is 14.0. The normalized spacial score (nSPS) is 13.1. The van der Waals surface area contributed by atoms with E-state index in [2.05, 4.69) is 32.1 Å². The summed E-state index contributed by atoms with van der Waals surface area (Å²) in [4.78, 5) is 0. The molecule has 0 saturated heterocycles. The summed E-state index contributed by atoms with van der Waals surface area (Å²) in [6, 6.07) is 0. The van der Waals surface area contributed by atoms with Gasteiger partial charge < -0.3 is 5.73 Å². The van der Waals surface area contributed by atoms with Crippen LogP contribution in [0.1, 0.15) is 53.4 Å². The Morgan fingerprint density at radius 3 is 2.07 bits per heavy atom. The maximum Gasteiger partial charge on any atom is -0.00774 e. The van der Waals surface area contributed by atoms with Gasteiger partial charge in [-0.3, -0.25) is 0 Å². The predicted octanol–water partition coefficient (Wildman–Crippen LogP) is 4.05. The molecule has 0 radical (unpaired) electrons. The molecule has 0 heterocycles. The third-order valence-corrected chi connectivity index (χ3v) is 1.74. The van der Waals surface area contributed by atoms with Crippen LogP contribution in [0.25, 0.3) is 0 Å². The van der Waals surface area contributed by atoms with Crippen LogP contribution in [0.2, 0.25) is 0 Å². The van der Waals surface area contributed by atoms with E-state index in [1.54, 1.807) is 0 Å². The van der Waals surface area contributed by atoms with E-state index in [0.29, 0.717) is 0 Å². The van der Waals surface area contributed by atoms with E-state index in [-0.39, 0.29) is 0 Å².